The molecule has 0 saturated heterocycles. The number of hydrogen-bond donors (Lipinski definition) is 1. The number of benzene rings is 1. The van der Waals surface area contributed by atoms with Crippen LogP contribution in [0.25, 0.3) is 16.5 Å². The fraction of sp³-hybridized carbons (Fsp3) is 0.250. The van der Waals surface area contributed by atoms with Crippen molar-refractivity contribution < 1.29 is 0 Å². The second kappa shape index (κ2) is 4.34. The lowest BCUT2D eigenvalue weighted by Crippen LogP contribution is -2.12. The molecular formula is C16H18N4. The Morgan fingerprint density at radius 3 is 2.55 bits per heavy atom. The summed E-state index contributed by atoms with van der Waals surface area (Å²) in [7, 11) is 0. The van der Waals surface area contributed by atoms with Gasteiger partial charge in [-0.2, -0.15) is 5.10 Å². The third kappa shape index (κ3) is 2.13. The van der Waals surface area contributed by atoms with Gasteiger partial charge in [0.2, 0.25) is 0 Å². The van der Waals surface area contributed by atoms with E-state index in [1.165, 1.54) is 0 Å². The third-order valence-electron chi connectivity index (χ3n) is 3.37. The monoisotopic (exact) mass is 266 g/mol. The van der Waals surface area contributed by atoms with Gasteiger partial charge in [-0.3, -0.25) is 4.98 Å². The molecule has 0 aliphatic heterocycles. The molecule has 102 valence electrons. The highest BCUT2D eigenvalue weighted by Crippen LogP contribution is 2.25. The Labute approximate surface area is 118 Å². The van der Waals surface area contributed by atoms with E-state index in [4.69, 9.17) is 5.73 Å². The van der Waals surface area contributed by atoms with Crippen molar-refractivity contribution in [1.29, 1.82) is 0 Å². The first-order valence-electron chi connectivity index (χ1n) is 6.65. The second-order valence-electron chi connectivity index (χ2n) is 6.02. The van der Waals surface area contributed by atoms with E-state index < -0.39 is 0 Å². The minimum atomic E-state index is -0.0161. The lowest BCUT2D eigenvalue weighted by Gasteiger charge is -2.14. The van der Waals surface area contributed by atoms with Crippen LogP contribution in [0.15, 0.2) is 42.7 Å². The predicted molar refractivity (Wildman–Crippen MR) is 82.0 cm³/mol. The molecule has 4 heteroatoms. The second-order valence-corrected chi connectivity index (χ2v) is 6.02. The van der Waals surface area contributed by atoms with Gasteiger partial charge in [-0.25, -0.2) is 4.68 Å². The van der Waals surface area contributed by atoms with Crippen molar-refractivity contribution in [3.05, 3.63) is 48.4 Å². The highest BCUT2D eigenvalue weighted by atomic mass is 15.3. The highest BCUT2D eigenvalue weighted by Gasteiger charge is 2.19. The zero-order chi connectivity index (χ0) is 14.3. The molecule has 0 aliphatic rings. The molecule has 0 bridgehead atoms. The predicted octanol–water partition coefficient (Wildman–Crippen LogP) is 3.30. The molecule has 20 heavy (non-hydrogen) atoms. The normalized spacial score (nSPS) is 11.9. The van der Waals surface area contributed by atoms with E-state index in [9.17, 15) is 0 Å². The van der Waals surface area contributed by atoms with Gasteiger partial charge in [0, 0.05) is 29.3 Å². The van der Waals surface area contributed by atoms with Gasteiger partial charge in [0.1, 0.15) is 5.82 Å². The average molecular weight is 266 g/mol. The van der Waals surface area contributed by atoms with Crippen LogP contribution in [0, 0.1) is 0 Å². The molecule has 4 nitrogen and oxygen atoms in total. The van der Waals surface area contributed by atoms with Crippen LogP contribution in [0.5, 0.6) is 0 Å². The third-order valence-corrected chi connectivity index (χ3v) is 3.37. The molecule has 0 spiro atoms. The van der Waals surface area contributed by atoms with Gasteiger partial charge in [0.05, 0.1) is 11.4 Å². The Bertz CT molecular complexity index is 765. The quantitative estimate of drug-likeness (QED) is 0.735. The number of hydrogen-bond acceptors (Lipinski definition) is 3. The van der Waals surface area contributed by atoms with Gasteiger partial charge in [0.25, 0.3) is 0 Å². The largest absolute Gasteiger partial charge is 0.384 e. The van der Waals surface area contributed by atoms with Gasteiger partial charge in [-0.15, -0.1) is 0 Å². The van der Waals surface area contributed by atoms with E-state index in [2.05, 4.69) is 43.0 Å². The molecule has 0 unspecified atom stereocenters. The van der Waals surface area contributed by atoms with Gasteiger partial charge in [-0.1, -0.05) is 26.8 Å². The number of pyridine rings is 1. The van der Waals surface area contributed by atoms with Gasteiger partial charge in [0.15, 0.2) is 0 Å². The van der Waals surface area contributed by atoms with Crippen molar-refractivity contribution in [2.45, 2.75) is 26.2 Å². The summed E-state index contributed by atoms with van der Waals surface area (Å²) >= 11 is 0. The number of anilines is 1. The minimum absolute atomic E-state index is 0.0161. The van der Waals surface area contributed by atoms with Crippen LogP contribution in [0.2, 0.25) is 0 Å². The summed E-state index contributed by atoms with van der Waals surface area (Å²) in [6, 6.07) is 10.1. The van der Waals surface area contributed by atoms with Crippen LogP contribution in [0.1, 0.15) is 26.5 Å². The smallest absolute Gasteiger partial charge is 0.127 e. The van der Waals surface area contributed by atoms with Crippen molar-refractivity contribution in [3.63, 3.8) is 0 Å². The first kappa shape index (κ1) is 12.7. The Morgan fingerprint density at radius 2 is 1.85 bits per heavy atom. The van der Waals surface area contributed by atoms with Crippen molar-refractivity contribution in [1.82, 2.24) is 14.8 Å². The first-order valence-corrected chi connectivity index (χ1v) is 6.65. The molecule has 3 aromatic rings. The fourth-order valence-electron chi connectivity index (χ4n) is 2.17. The fourth-order valence-corrected chi connectivity index (χ4v) is 2.17. The van der Waals surface area contributed by atoms with Crippen LogP contribution in [-0.2, 0) is 5.41 Å². The zero-order valence-corrected chi connectivity index (χ0v) is 12.0. The molecule has 0 aliphatic carbocycles. The van der Waals surface area contributed by atoms with Crippen molar-refractivity contribution in [2.75, 3.05) is 5.73 Å². The van der Waals surface area contributed by atoms with Crippen LogP contribution in [0.3, 0.4) is 0 Å². The van der Waals surface area contributed by atoms with Gasteiger partial charge >= 0.3 is 0 Å². The Morgan fingerprint density at radius 1 is 1.05 bits per heavy atom. The van der Waals surface area contributed by atoms with E-state index >= 15 is 0 Å². The number of nitrogens with zero attached hydrogens (tertiary/aromatic N) is 3. The topological polar surface area (TPSA) is 56.7 Å². The summed E-state index contributed by atoms with van der Waals surface area (Å²) in [5, 5.41) is 6.87. The number of rotatable bonds is 1. The number of fused-ring (bicyclic) bond motifs is 1. The Kier molecular flexibility index (Phi) is 2.74. The Balaban J connectivity index is 2.13. The summed E-state index contributed by atoms with van der Waals surface area (Å²) in [5.41, 5.74) is 8.03. The molecular weight excluding hydrogens is 248 g/mol. The van der Waals surface area contributed by atoms with E-state index in [0.29, 0.717) is 5.82 Å². The van der Waals surface area contributed by atoms with E-state index in [1.807, 2.05) is 24.4 Å². The lowest BCUT2D eigenvalue weighted by molar-refractivity contribution is 0.560. The molecule has 2 heterocycles. The van der Waals surface area contributed by atoms with Crippen LogP contribution in [-0.4, -0.2) is 14.8 Å². The minimum Gasteiger partial charge on any atom is -0.384 e. The SMILES string of the molecule is CC(C)(C)c1cc(N)n(-c2ccc3ccncc3c2)n1. The average Bonchev–Trinajstić information content (AvgIpc) is 2.80. The first-order chi connectivity index (χ1) is 9.45. The maximum absolute atomic E-state index is 6.10. The number of nitrogen functional groups attached to an aromatic ring is 1. The summed E-state index contributed by atoms with van der Waals surface area (Å²) in [6.45, 7) is 6.39. The molecule has 0 amide bonds. The van der Waals surface area contributed by atoms with E-state index in [-0.39, 0.29) is 5.41 Å². The highest BCUT2D eigenvalue weighted by molar-refractivity contribution is 5.83. The lowest BCUT2D eigenvalue weighted by atomic mass is 9.92. The zero-order valence-electron chi connectivity index (χ0n) is 12.0. The van der Waals surface area contributed by atoms with Crippen molar-refractivity contribution in [2.24, 2.45) is 0 Å². The molecule has 1 aromatic carbocycles. The molecule has 0 fully saturated rings. The van der Waals surface area contributed by atoms with Crippen LogP contribution < -0.4 is 5.73 Å². The molecule has 2 N–H and O–H groups in total. The van der Waals surface area contributed by atoms with Gasteiger partial charge in [-0.05, 0) is 23.6 Å². The summed E-state index contributed by atoms with van der Waals surface area (Å²) in [6.07, 6.45) is 3.64. The molecule has 0 saturated carbocycles. The van der Waals surface area contributed by atoms with E-state index in [1.54, 1.807) is 10.9 Å². The van der Waals surface area contributed by atoms with Crippen molar-refractivity contribution in [3.8, 4) is 5.69 Å². The van der Waals surface area contributed by atoms with E-state index in [0.717, 1.165) is 22.2 Å². The summed E-state index contributed by atoms with van der Waals surface area (Å²) < 4.78 is 1.78. The molecule has 0 radical (unpaired) electrons. The summed E-state index contributed by atoms with van der Waals surface area (Å²) in [5.74, 6) is 0.651. The molecule has 0 atom stereocenters. The molecule has 3 rings (SSSR count). The van der Waals surface area contributed by atoms with Gasteiger partial charge < -0.3 is 5.73 Å². The maximum atomic E-state index is 6.10. The Hall–Kier alpha value is -2.36. The number of nitrogens with two attached hydrogens (primary N) is 1. The van der Waals surface area contributed by atoms with Crippen LogP contribution in [0.4, 0.5) is 5.82 Å². The maximum Gasteiger partial charge on any atom is 0.127 e. The number of aromatic nitrogens is 3. The summed E-state index contributed by atoms with van der Waals surface area (Å²) in [4.78, 5) is 4.15. The molecule has 2 aromatic heterocycles. The standard InChI is InChI=1S/C16H18N4/c1-16(2,3)14-9-15(17)20(19-14)13-5-4-11-6-7-18-10-12(11)8-13/h4-10H,17H2,1-3H3. The van der Waals surface area contributed by atoms with Crippen LogP contribution >= 0.6 is 0 Å². The van der Waals surface area contributed by atoms with Crippen molar-refractivity contribution >= 4 is 16.6 Å².